The lowest BCUT2D eigenvalue weighted by atomic mass is 10.0. The molecule has 0 aliphatic carbocycles. The van der Waals surface area contributed by atoms with Gasteiger partial charge in [0.15, 0.2) is 0 Å². The zero-order chi connectivity index (χ0) is 19.6. The molecule has 0 bridgehead atoms. The van der Waals surface area contributed by atoms with E-state index >= 15 is 0 Å². The Morgan fingerprint density at radius 1 is 1.26 bits per heavy atom. The summed E-state index contributed by atoms with van der Waals surface area (Å²) >= 11 is 6.23. The Morgan fingerprint density at radius 2 is 2.04 bits per heavy atom. The minimum Gasteiger partial charge on any atom is -0.465 e. The first-order valence-electron chi connectivity index (χ1n) is 9.02. The number of anilines is 1. The van der Waals surface area contributed by atoms with Crippen molar-refractivity contribution in [1.82, 2.24) is 20.2 Å². The second-order valence-electron chi connectivity index (χ2n) is 6.83. The zero-order valence-electron chi connectivity index (χ0n) is 15.9. The predicted molar refractivity (Wildman–Crippen MR) is 103 cm³/mol. The highest BCUT2D eigenvalue weighted by Gasteiger charge is 2.38. The first-order chi connectivity index (χ1) is 12.9. The number of hydrogen-bond donors (Lipinski definition) is 2. The van der Waals surface area contributed by atoms with Crippen molar-refractivity contribution in [3.05, 3.63) is 28.8 Å². The minimum atomic E-state index is -0.538. The second kappa shape index (κ2) is 8.53. The fourth-order valence-corrected chi connectivity index (χ4v) is 3.97. The van der Waals surface area contributed by atoms with Gasteiger partial charge in [0.05, 0.1) is 29.5 Å². The summed E-state index contributed by atoms with van der Waals surface area (Å²) in [6.45, 7) is 2.85. The molecule has 2 saturated heterocycles. The number of benzene rings is 1. The first-order valence-corrected chi connectivity index (χ1v) is 9.40. The van der Waals surface area contributed by atoms with E-state index in [-0.39, 0.29) is 29.4 Å². The van der Waals surface area contributed by atoms with Crippen LogP contribution in [-0.2, 0) is 9.53 Å². The molecule has 0 radical (unpaired) electrons. The van der Waals surface area contributed by atoms with Gasteiger partial charge in [-0.2, -0.15) is 0 Å². The van der Waals surface area contributed by atoms with Crippen molar-refractivity contribution >= 4 is 29.2 Å². The van der Waals surface area contributed by atoms with Crippen LogP contribution in [0, 0.1) is 0 Å². The summed E-state index contributed by atoms with van der Waals surface area (Å²) in [6, 6.07) is 4.53. The molecule has 2 unspecified atom stereocenters. The Balaban J connectivity index is 1.73. The molecule has 8 nitrogen and oxygen atoms in total. The van der Waals surface area contributed by atoms with E-state index in [1.807, 2.05) is 19.1 Å². The van der Waals surface area contributed by atoms with Gasteiger partial charge in [-0.1, -0.05) is 17.7 Å². The number of nitrogens with one attached hydrogen (secondary N) is 2. The lowest BCUT2D eigenvalue weighted by molar-refractivity contribution is -0.152. The van der Waals surface area contributed by atoms with Crippen LogP contribution in [0.25, 0.3) is 0 Å². The Hall–Kier alpha value is -1.71. The van der Waals surface area contributed by atoms with Gasteiger partial charge in [-0.3, -0.25) is 9.69 Å². The van der Waals surface area contributed by atoms with E-state index in [4.69, 9.17) is 16.3 Å². The largest absolute Gasteiger partial charge is 0.465 e. The number of ether oxygens (including phenoxy) is 1. The molecule has 2 aliphatic heterocycles. The van der Waals surface area contributed by atoms with Gasteiger partial charge in [0.1, 0.15) is 6.04 Å². The summed E-state index contributed by atoms with van der Waals surface area (Å²) in [5, 5.41) is 10.5. The highest BCUT2D eigenvalue weighted by atomic mass is 35.5. The van der Waals surface area contributed by atoms with Crippen LogP contribution < -0.4 is 10.6 Å². The monoisotopic (exact) mass is 395 g/mol. The van der Waals surface area contributed by atoms with E-state index in [2.05, 4.69) is 20.5 Å². The van der Waals surface area contributed by atoms with E-state index in [0.29, 0.717) is 11.4 Å². The molecular formula is C18H26ClN5O3. The molecule has 2 aliphatic rings. The summed E-state index contributed by atoms with van der Waals surface area (Å²) in [6.07, 6.45) is 1.86. The number of methoxy groups -OCH3 is 1. The van der Waals surface area contributed by atoms with E-state index in [1.165, 1.54) is 7.11 Å². The molecule has 148 valence electrons. The molecule has 1 aromatic carbocycles. The topological polar surface area (TPSA) is 77.1 Å². The number of para-hydroxylation sites is 1. The highest BCUT2D eigenvalue weighted by molar-refractivity contribution is 6.34. The number of hydrogen-bond acceptors (Lipinski definition) is 7. The molecule has 0 aromatic heterocycles. The summed E-state index contributed by atoms with van der Waals surface area (Å²) < 4.78 is 4.79. The molecule has 27 heavy (non-hydrogen) atoms. The van der Waals surface area contributed by atoms with Crippen LogP contribution in [-0.4, -0.2) is 80.0 Å². The van der Waals surface area contributed by atoms with Crippen molar-refractivity contribution in [3.8, 4) is 0 Å². The van der Waals surface area contributed by atoms with E-state index < -0.39 is 5.97 Å². The fourth-order valence-electron chi connectivity index (χ4n) is 3.75. The minimum absolute atomic E-state index is 0.194. The van der Waals surface area contributed by atoms with Crippen LogP contribution in [0.15, 0.2) is 18.2 Å². The van der Waals surface area contributed by atoms with Crippen LogP contribution in [0.2, 0.25) is 5.02 Å². The summed E-state index contributed by atoms with van der Waals surface area (Å²) in [4.78, 5) is 27.3. The van der Waals surface area contributed by atoms with E-state index in [1.54, 1.807) is 18.2 Å². The average molecular weight is 396 g/mol. The zero-order valence-corrected chi connectivity index (χ0v) is 16.6. The highest BCUT2D eigenvalue weighted by Crippen LogP contribution is 2.29. The quantitative estimate of drug-likeness (QED) is 0.741. The molecule has 9 heteroatoms. The van der Waals surface area contributed by atoms with Crippen molar-refractivity contribution in [2.75, 3.05) is 46.3 Å². The van der Waals surface area contributed by atoms with Crippen molar-refractivity contribution < 1.29 is 14.3 Å². The maximum atomic E-state index is 13.0. The van der Waals surface area contributed by atoms with Gasteiger partial charge in [0, 0.05) is 33.9 Å². The van der Waals surface area contributed by atoms with Gasteiger partial charge in [0.2, 0.25) is 5.91 Å². The van der Waals surface area contributed by atoms with Gasteiger partial charge in [-0.25, -0.2) is 14.8 Å². The number of hydrazine groups is 1. The Kier molecular flexibility index (Phi) is 6.33. The number of amides is 1. The Labute approximate surface area is 164 Å². The maximum absolute atomic E-state index is 13.0. The third-order valence-corrected chi connectivity index (χ3v) is 5.68. The van der Waals surface area contributed by atoms with Crippen LogP contribution in [0.3, 0.4) is 0 Å². The molecule has 3 rings (SSSR count). The molecule has 0 spiro atoms. The number of nitrogens with zero attached hydrogens (tertiary/aromatic N) is 3. The number of halogens is 1. The van der Waals surface area contributed by atoms with Crippen LogP contribution in [0.5, 0.6) is 0 Å². The van der Waals surface area contributed by atoms with Gasteiger partial charge in [-0.15, -0.1) is 0 Å². The standard InChI is InChI=1S/C18H26ClN5O3/c1-22-14(7-8-15(23(22)2)24-10-9-20-11-24)17(25)21-16-12(18(26)27-3)5-4-6-13(16)19/h4-6,14-15,20H,7-11H2,1-3H3,(H,21,25). The van der Waals surface area contributed by atoms with Crippen LogP contribution >= 0.6 is 11.6 Å². The molecular weight excluding hydrogens is 370 g/mol. The van der Waals surface area contributed by atoms with Gasteiger partial charge in [-0.05, 0) is 25.0 Å². The number of carbonyl (C=O) groups excluding carboxylic acids is 2. The molecule has 1 aromatic rings. The third kappa shape index (κ3) is 4.09. The first kappa shape index (κ1) is 20.0. The van der Waals surface area contributed by atoms with E-state index in [9.17, 15) is 9.59 Å². The molecule has 2 atom stereocenters. The fraction of sp³-hybridized carbons (Fsp3) is 0.556. The SMILES string of the molecule is COC(=O)c1cccc(Cl)c1NC(=O)C1CCC(N2CCNC2)N(C)N1C. The number of esters is 1. The van der Waals surface area contributed by atoms with Crippen molar-refractivity contribution in [3.63, 3.8) is 0 Å². The normalized spacial score (nSPS) is 24.7. The van der Waals surface area contributed by atoms with Crippen LogP contribution in [0.4, 0.5) is 5.69 Å². The Morgan fingerprint density at radius 3 is 2.70 bits per heavy atom. The molecule has 2 fully saturated rings. The lowest BCUT2D eigenvalue weighted by Crippen LogP contribution is -2.61. The van der Waals surface area contributed by atoms with Crippen molar-refractivity contribution in [2.24, 2.45) is 0 Å². The molecule has 2 heterocycles. The van der Waals surface area contributed by atoms with E-state index in [0.717, 1.165) is 26.2 Å². The van der Waals surface area contributed by atoms with Gasteiger partial charge >= 0.3 is 5.97 Å². The number of carbonyl (C=O) groups is 2. The lowest BCUT2D eigenvalue weighted by Gasteiger charge is -2.47. The number of likely N-dealkylation sites (N-methyl/N-ethyl adjacent to an activating group) is 1. The molecule has 0 saturated carbocycles. The summed E-state index contributed by atoms with van der Waals surface area (Å²) in [7, 11) is 5.21. The predicted octanol–water partition coefficient (Wildman–Crippen LogP) is 1.19. The summed E-state index contributed by atoms with van der Waals surface area (Å²) in [5.41, 5.74) is 0.532. The molecule has 1 amide bonds. The second-order valence-corrected chi connectivity index (χ2v) is 7.24. The number of rotatable bonds is 4. The Bertz CT molecular complexity index is 710. The van der Waals surface area contributed by atoms with Gasteiger partial charge in [0.25, 0.3) is 0 Å². The average Bonchev–Trinajstić information content (AvgIpc) is 3.19. The van der Waals surface area contributed by atoms with Crippen molar-refractivity contribution in [2.45, 2.75) is 25.0 Å². The smallest absolute Gasteiger partial charge is 0.340 e. The summed E-state index contributed by atoms with van der Waals surface area (Å²) in [5.74, 6) is -0.732. The van der Waals surface area contributed by atoms with Crippen molar-refractivity contribution in [1.29, 1.82) is 0 Å². The molecule has 2 N–H and O–H groups in total. The van der Waals surface area contributed by atoms with Crippen LogP contribution in [0.1, 0.15) is 23.2 Å². The van der Waals surface area contributed by atoms with Gasteiger partial charge < -0.3 is 15.4 Å². The third-order valence-electron chi connectivity index (χ3n) is 5.36. The maximum Gasteiger partial charge on any atom is 0.340 e.